The molecule has 1 N–H and O–H groups in total. The maximum Gasteiger partial charge on any atom is 0.230 e. The van der Waals surface area contributed by atoms with E-state index in [4.69, 9.17) is 0 Å². The molecule has 0 saturated heterocycles. The predicted octanol–water partition coefficient (Wildman–Crippen LogP) is 2.08. The van der Waals surface area contributed by atoms with E-state index in [1.807, 2.05) is 14.1 Å². The number of hydrogen-bond donors (Lipinski definition) is 1. The van der Waals surface area contributed by atoms with Crippen LogP contribution in [0, 0.1) is 0 Å². The minimum Gasteiger partial charge on any atom is -0.348 e. The Morgan fingerprint density at radius 1 is 1.39 bits per heavy atom. The number of carbonyl (C=O) groups excluding carboxylic acids is 1. The Bertz CT molecular complexity index is 452. The van der Waals surface area contributed by atoms with Gasteiger partial charge in [-0.25, -0.2) is 0 Å². The monoisotopic (exact) mass is 246 g/mol. The standard InChI is InChI=1S/C15H22N2O/c1-10(2)11-5-6-13-12(7-11)8-16-9-14(13)15(18)17(3)4/h5-7,10,14,16H,8-9H2,1-4H3. The lowest BCUT2D eigenvalue weighted by atomic mass is 9.87. The molecule has 0 aliphatic carbocycles. The number of amides is 1. The number of benzene rings is 1. The zero-order valence-corrected chi connectivity index (χ0v) is 11.7. The molecule has 0 aromatic heterocycles. The maximum atomic E-state index is 12.2. The van der Waals surface area contributed by atoms with Gasteiger partial charge < -0.3 is 10.2 Å². The summed E-state index contributed by atoms with van der Waals surface area (Å²) in [4.78, 5) is 13.8. The van der Waals surface area contributed by atoms with Crippen molar-refractivity contribution in [3.05, 3.63) is 34.9 Å². The highest BCUT2D eigenvalue weighted by Crippen LogP contribution is 2.28. The third kappa shape index (κ3) is 2.41. The third-order valence-electron chi connectivity index (χ3n) is 3.61. The van der Waals surface area contributed by atoms with Crippen molar-refractivity contribution in [2.75, 3.05) is 20.6 Å². The number of fused-ring (bicyclic) bond motifs is 1. The Labute approximate surface area is 109 Å². The first-order valence-electron chi connectivity index (χ1n) is 6.55. The molecule has 1 heterocycles. The molecule has 0 radical (unpaired) electrons. The van der Waals surface area contributed by atoms with Crippen LogP contribution in [0.2, 0.25) is 0 Å². The number of nitrogens with one attached hydrogen (secondary N) is 1. The van der Waals surface area contributed by atoms with Gasteiger partial charge in [0.25, 0.3) is 0 Å². The zero-order valence-electron chi connectivity index (χ0n) is 11.7. The van der Waals surface area contributed by atoms with E-state index in [1.54, 1.807) is 4.90 Å². The fraction of sp³-hybridized carbons (Fsp3) is 0.533. The normalized spacial score (nSPS) is 18.6. The lowest BCUT2D eigenvalue weighted by Gasteiger charge is -2.28. The van der Waals surface area contributed by atoms with Crippen LogP contribution in [0.5, 0.6) is 0 Å². The molecule has 0 fully saturated rings. The predicted molar refractivity (Wildman–Crippen MR) is 73.7 cm³/mol. The Hall–Kier alpha value is -1.35. The molecule has 1 aliphatic heterocycles. The summed E-state index contributed by atoms with van der Waals surface area (Å²) < 4.78 is 0. The molecular formula is C15H22N2O. The van der Waals surface area contributed by atoms with Gasteiger partial charge in [-0.1, -0.05) is 32.0 Å². The molecule has 98 valence electrons. The van der Waals surface area contributed by atoms with E-state index in [-0.39, 0.29) is 11.8 Å². The van der Waals surface area contributed by atoms with E-state index in [0.717, 1.165) is 13.1 Å². The van der Waals surface area contributed by atoms with E-state index >= 15 is 0 Å². The highest BCUT2D eigenvalue weighted by Gasteiger charge is 2.27. The Morgan fingerprint density at radius 3 is 2.72 bits per heavy atom. The summed E-state index contributed by atoms with van der Waals surface area (Å²) in [6, 6.07) is 6.53. The van der Waals surface area contributed by atoms with Crippen molar-refractivity contribution in [2.24, 2.45) is 0 Å². The molecule has 0 saturated carbocycles. The van der Waals surface area contributed by atoms with Gasteiger partial charge >= 0.3 is 0 Å². The van der Waals surface area contributed by atoms with Crippen molar-refractivity contribution < 1.29 is 4.79 Å². The second-order valence-electron chi connectivity index (χ2n) is 5.53. The smallest absolute Gasteiger partial charge is 0.230 e. The fourth-order valence-electron chi connectivity index (χ4n) is 2.47. The van der Waals surface area contributed by atoms with Crippen LogP contribution in [0.25, 0.3) is 0 Å². The molecule has 0 bridgehead atoms. The van der Waals surface area contributed by atoms with Gasteiger partial charge in [-0.15, -0.1) is 0 Å². The van der Waals surface area contributed by atoms with Gasteiger partial charge in [0.1, 0.15) is 0 Å². The minimum atomic E-state index is -0.0371. The molecule has 3 nitrogen and oxygen atoms in total. The summed E-state index contributed by atoms with van der Waals surface area (Å²) in [7, 11) is 3.64. The molecule has 1 unspecified atom stereocenters. The van der Waals surface area contributed by atoms with Crippen LogP contribution in [0.1, 0.15) is 42.4 Å². The average molecular weight is 246 g/mol. The van der Waals surface area contributed by atoms with Crippen molar-refractivity contribution in [1.29, 1.82) is 0 Å². The lowest BCUT2D eigenvalue weighted by molar-refractivity contribution is -0.130. The fourth-order valence-corrected chi connectivity index (χ4v) is 2.47. The first-order valence-corrected chi connectivity index (χ1v) is 6.55. The van der Waals surface area contributed by atoms with Crippen LogP contribution < -0.4 is 5.32 Å². The van der Waals surface area contributed by atoms with Crippen molar-refractivity contribution >= 4 is 5.91 Å². The van der Waals surface area contributed by atoms with Crippen molar-refractivity contribution in [3.8, 4) is 0 Å². The van der Waals surface area contributed by atoms with Gasteiger partial charge in [-0.3, -0.25) is 4.79 Å². The maximum absolute atomic E-state index is 12.2. The molecule has 0 spiro atoms. The lowest BCUT2D eigenvalue weighted by Crippen LogP contribution is -2.38. The van der Waals surface area contributed by atoms with Gasteiger partial charge in [-0.2, -0.15) is 0 Å². The van der Waals surface area contributed by atoms with Crippen LogP contribution in [-0.2, 0) is 11.3 Å². The third-order valence-corrected chi connectivity index (χ3v) is 3.61. The van der Waals surface area contributed by atoms with E-state index in [0.29, 0.717) is 5.92 Å². The molecular weight excluding hydrogens is 224 g/mol. The van der Waals surface area contributed by atoms with E-state index in [1.165, 1.54) is 16.7 Å². The SMILES string of the molecule is CC(C)c1ccc2c(c1)CNCC2C(=O)N(C)C. The van der Waals surface area contributed by atoms with Gasteiger partial charge in [0, 0.05) is 27.2 Å². The van der Waals surface area contributed by atoms with E-state index in [2.05, 4.69) is 37.4 Å². The highest BCUT2D eigenvalue weighted by molar-refractivity contribution is 5.84. The number of carbonyl (C=O) groups is 1. The number of nitrogens with zero attached hydrogens (tertiary/aromatic N) is 1. The van der Waals surface area contributed by atoms with Crippen LogP contribution in [0.15, 0.2) is 18.2 Å². The first kappa shape index (κ1) is 13.1. The number of hydrogen-bond acceptors (Lipinski definition) is 2. The summed E-state index contributed by atoms with van der Waals surface area (Å²) in [5.41, 5.74) is 3.80. The van der Waals surface area contributed by atoms with Crippen molar-refractivity contribution in [1.82, 2.24) is 10.2 Å². The van der Waals surface area contributed by atoms with E-state index in [9.17, 15) is 4.79 Å². The molecule has 1 aliphatic rings. The molecule has 1 atom stereocenters. The summed E-state index contributed by atoms with van der Waals surface area (Å²) in [6.45, 7) is 6.00. The Balaban J connectivity index is 2.36. The van der Waals surface area contributed by atoms with Gasteiger partial charge in [0.15, 0.2) is 0 Å². The molecule has 1 amide bonds. The quantitative estimate of drug-likeness (QED) is 0.866. The van der Waals surface area contributed by atoms with Gasteiger partial charge in [0.05, 0.1) is 5.92 Å². The van der Waals surface area contributed by atoms with Crippen molar-refractivity contribution in [3.63, 3.8) is 0 Å². The number of rotatable bonds is 2. The summed E-state index contributed by atoms with van der Waals surface area (Å²) in [5, 5.41) is 3.35. The topological polar surface area (TPSA) is 32.3 Å². The van der Waals surface area contributed by atoms with Crippen LogP contribution >= 0.6 is 0 Å². The molecule has 2 rings (SSSR count). The minimum absolute atomic E-state index is 0.0371. The zero-order chi connectivity index (χ0) is 13.3. The molecule has 18 heavy (non-hydrogen) atoms. The second kappa shape index (κ2) is 5.11. The van der Waals surface area contributed by atoms with Crippen LogP contribution in [0.3, 0.4) is 0 Å². The van der Waals surface area contributed by atoms with Gasteiger partial charge in [-0.05, 0) is 22.6 Å². The van der Waals surface area contributed by atoms with Crippen molar-refractivity contribution in [2.45, 2.75) is 32.2 Å². The summed E-state index contributed by atoms with van der Waals surface area (Å²) >= 11 is 0. The van der Waals surface area contributed by atoms with Crippen LogP contribution in [0.4, 0.5) is 0 Å². The Morgan fingerprint density at radius 2 is 2.11 bits per heavy atom. The van der Waals surface area contributed by atoms with E-state index < -0.39 is 0 Å². The highest BCUT2D eigenvalue weighted by atomic mass is 16.2. The van der Waals surface area contributed by atoms with Gasteiger partial charge in [0.2, 0.25) is 5.91 Å². The number of likely N-dealkylation sites (N-methyl/N-ethyl adjacent to an activating group) is 1. The summed E-state index contributed by atoms with van der Waals surface area (Å²) in [5.74, 6) is 0.672. The molecule has 3 heteroatoms. The molecule has 1 aromatic rings. The molecule has 1 aromatic carbocycles. The second-order valence-corrected chi connectivity index (χ2v) is 5.53. The van der Waals surface area contributed by atoms with Crippen LogP contribution in [-0.4, -0.2) is 31.4 Å². The summed E-state index contributed by atoms with van der Waals surface area (Å²) in [6.07, 6.45) is 0. The average Bonchev–Trinajstić information content (AvgIpc) is 2.36. The first-order chi connectivity index (χ1) is 8.50. The Kier molecular flexibility index (Phi) is 3.71. The largest absolute Gasteiger partial charge is 0.348 e.